The molecule has 0 aliphatic carbocycles. The van der Waals surface area contributed by atoms with E-state index in [0.717, 1.165) is 45.8 Å². The average molecular weight is 257 g/mol. The van der Waals surface area contributed by atoms with Crippen LogP contribution in [-0.2, 0) is 9.47 Å². The van der Waals surface area contributed by atoms with E-state index in [-0.39, 0.29) is 0 Å². The van der Waals surface area contributed by atoms with Gasteiger partial charge < -0.3 is 19.5 Å². The van der Waals surface area contributed by atoms with Crippen molar-refractivity contribution in [1.29, 1.82) is 0 Å². The first-order valence-corrected chi connectivity index (χ1v) is 7.41. The lowest BCUT2D eigenvalue weighted by molar-refractivity contribution is 0.00671. The van der Waals surface area contributed by atoms with Crippen molar-refractivity contribution in [1.82, 2.24) is 4.90 Å². The van der Waals surface area contributed by atoms with E-state index >= 15 is 0 Å². The summed E-state index contributed by atoms with van der Waals surface area (Å²) in [5.74, 6) is 0.682. The largest absolute Gasteiger partial charge is 0.396 e. The second kappa shape index (κ2) is 8.10. The fraction of sp³-hybridized carbons (Fsp3) is 1.00. The van der Waals surface area contributed by atoms with Gasteiger partial charge in [0, 0.05) is 26.3 Å². The van der Waals surface area contributed by atoms with Crippen LogP contribution in [0.2, 0.25) is 0 Å². The molecular weight excluding hydrogens is 230 g/mol. The first-order valence-electron chi connectivity index (χ1n) is 7.41. The summed E-state index contributed by atoms with van der Waals surface area (Å²) in [4.78, 5) is 2.47. The number of hydrogen-bond acceptors (Lipinski definition) is 4. The molecule has 0 aromatic carbocycles. The van der Waals surface area contributed by atoms with Gasteiger partial charge in [-0.1, -0.05) is 0 Å². The van der Waals surface area contributed by atoms with Gasteiger partial charge in [0.15, 0.2) is 0 Å². The molecule has 2 saturated heterocycles. The summed E-state index contributed by atoms with van der Waals surface area (Å²) in [6, 6.07) is 0. The van der Waals surface area contributed by atoms with Gasteiger partial charge >= 0.3 is 0 Å². The maximum atomic E-state index is 8.98. The Hall–Kier alpha value is -0.160. The van der Waals surface area contributed by atoms with Crippen LogP contribution in [0.1, 0.15) is 32.1 Å². The summed E-state index contributed by atoms with van der Waals surface area (Å²) >= 11 is 0. The van der Waals surface area contributed by atoms with Crippen LogP contribution in [0.5, 0.6) is 0 Å². The van der Waals surface area contributed by atoms with E-state index in [1.54, 1.807) is 0 Å². The van der Waals surface area contributed by atoms with Crippen LogP contribution in [0.4, 0.5) is 0 Å². The highest BCUT2D eigenvalue weighted by Crippen LogP contribution is 2.19. The topological polar surface area (TPSA) is 41.9 Å². The predicted octanol–water partition coefficient (Wildman–Crippen LogP) is 1.28. The molecule has 2 aliphatic heterocycles. The van der Waals surface area contributed by atoms with Gasteiger partial charge in [-0.3, -0.25) is 0 Å². The van der Waals surface area contributed by atoms with E-state index in [9.17, 15) is 0 Å². The zero-order chi connectivity index (χ0) is 12.6. The third-order valence-electron chi connectivity index (χ3n) is 4.02. The summed E-state index contributed by atoms with van der Waals surface area (Å²) in [6.07, 6.45) is 6.16. The van der Waals surface area contributed by atoms with Gasteiger partial charge in [-0.15, -0.1) is 0 Å². The molecule has 0 spiro atoms. The molecule has 0 bridgehead atoms. The minimum Gasteiger partial charge on any atom is -0.396 e. The van der Waals surface area contributed by atoms with E-state index in [2.05, 4.69) is 4.90 Å². The fourth-order valence-electron chi connectivity index (χ4n) is 2.96. The second-order valence-electron chi connectivity index (χ2n) is 5.53. The molecule has 0 unspecified atom stereocenters. The highest BCUT2D eigenvalue weighted by Gasteiger charge is 2.19. The molecule has 0 aromatic rings. The third-order valence-corrected chi connectivity index (χ3v) is 4.02. The van der Waals surface area contributed by atoms with Gasteiger partial charge in [0.25, 0.3) is 0 Å². The molecule has 0 saturated carbocycles. The lowest BCUT2D eigenvalue weighted by atomic mass is 9.95. The molecule has 4 heteroatoms. The molecule has 0 radical (unpaired) electrons. The van der Waals surface area contributed by atoms with Crippen molar-refractivity contribution in [3.05, 3.63) is 0 Å². The molecule has 0 aromatic heterocycles. The van der Waals surface area contributed by atoms with Crippen LogP contribution in [0, 0.1) is 5.92 Å². The van der Waals surface area contributed by atoms with E-state index < -0.39 is 0 Å². The Balaban J connectivity index is 1.52. The minimum absolute atomic E-state index is 0.327. The SMILES string of the molecule is OCC[C@H]1CCCN(CCOC[C@H]2CCCO2)C1. The number of ether oxygens (including phenoxy) is 2. The average Bonchev–Trinajstić information content (AvgIpc) is 2.89. The van der Waals surface area contributed by atoms with E-state index in [1.165, 1.54) is 25.8 Å². The van der Waals surface area contributed by atoms with Crippen LogP contribution in [0.25, 0.3) is 0 Å². The third kappa shape index (κ3) is 4.84. The van der Waals surface area contributed by atoms with Crippen molar-refractivity contribution in [2.75, 3.05) is 46.1 Å². The zero-order valence-corrected chi connectivity index (χ0v) is 11.4. The molecule has 18 heavy (non-hydrogen) atoms. The van der Waals surface area contributed by atoms with E-state index in [0.29, 0.717) is 18.6 Å². The van der Waals surface area contributed by atoms with E-state index in [4.69, 9.17) is 14.6 Å². The van der Waals surface area contributed by atoms with Crippen molar-refractivity contribution in [3.8, 4) is 0 Å². The molecule has 106 valence electrons. The van der Waals surface area contributed by atoms with Gasteiger partial charge in [0.05, 0.1) is 19.3 Å². The number of hydrogen-bond donors (Lipinski definition) is 1. The summed E-state index contributed by atoms with van der Waals surface area (Å²) in [5.41, 5.74) is 0. The predicted molar refractivity (Wildman–Crippen MR) is 70.7 cm³/mol. The lowest BCUT2D eigenvalue weighted by Gasteiger charge is -2.32. The Bertz CT molecular complexity index is 217. The molecule has 2 aliphatic rings. The summed E-state index contributed by atoms with van der Waals surface area (Å²) in [5, 5.41) is 8.98. The Morgan fingerprint density at radius 2 is 2.22 bits per heavy atom. The van der Waals surface area contributed by atoms with Gasteiger partial charge in [-0.25, -0.2) is 0 Å². The first kappa shape index (κ1) is 14.3. The molecule has 2 fully saturated rings. The lowest BCUT2D eigenvalue weighted by Crippen LogP contribution is -2.38. The molecule has 2 rings (SSSR count). The maximum Gasteiger partial charge on any atom is 0.0809 e. The minimum atomic E-state index is 0.327. The van der Waals surface area contributed by atoms with Gasteiger partial charge in [-0.05, 0) is 44.6 Å². The van der Waals surface area contributed by atoms with Crippen LogP contribution < -0.4 is 0 Å². The summed E-state index contributed by atoms with van der Waals surface area (Å²) in [6.45, 7) is 6.14. The van der Waals surface area contributed by atoms with Crippen LogP contribution in [-0.4, -0.2) is 62.2 Å². The second-order valence-corrected chi connectivity index (χ2v) is 5.53. The Morgan fingerprint density at radius 3 is 3.00 bits per heavy atom. The smallest absolute Gasteiger partial charge is 0.0809 e. The van der Waals surface area contributed by atoms with Crippen LogP contribution >= 0.6 is 0 Å². The number of piperidine rings is 1. The first-order chi connectivity index (χ1) is 8.88. The van der Waals surface area contributed by atoms with Crippen molar-refractivity contribution < 1.29 is 14.6 Å². The van der Waals surface area contributed by atoms with Gasteiger partial charge in [0.1, 0.15) is 0 Å². The van der Waals surface area contributed by atoms with Gasteiger partial charge in [-0.2, -0.15) is 0 Å². The Labute approximate surface area is 110 Å². The Kier molecular flexibility index (Phi) is 6.41. The molecular formula is C14H27NO3. The summed E-state index contributed by atoms with van der Waals surface area (Å²) < 4.78 is 11.2. The highest BCUT2D eigenvalue weighted by molar-refractivity contribution is 4.72. The van der Waals surface area contributed by atoms with Crippen molar-refractivity contribution in [2.45, 2.75) is 38.2 Å². The van der Waals surface area contributed by atoms with Gasteiger partial charge in [0.2, 0.25) is 0 Å². The summed E-state index contributed by atoms with van der Waals surface area (Å²) in [7, 11) is 0. The van der Waals surface area contributed by atoms with Crippen LogP contribution in [0.15, 0.2) is 0 Å². The molecule has 4 nitrogen and oxygen atoms in total. The standard InChI is InChI=1S/C14H27NO3/c16-8-5-13-3-1-6-15(11-13)7-10-17-12-14-4-2-9-18-14/h13-14,16H,1-12H2/t13-,14-/m1/s1. The van der Waals surface area contributed by atoms with Crippen molar-refractivity contribution in [3.63, 3.8) is 0 Å². The number of likely N-dealkylation sites (tertiary alicyclic amines) is 1. The quantitative estimate of drug-likeness (QED) is 0.698. The molecule has 1 N–H and O–H groups in total. The fourth-order valence-corrected chi connectivity index (χ4v) is 2.96. The number of aliphatic hydroxyl groups is 1. The van der Waals surface area contributed by atoms with E-state index in [1.807, 2.05) is 0 Å². The van der Waals surface area contributed by atoms with Crippen LogP contribution in [0.3, 0.4) is 0 Å². The zero-order valence-electron chi connectivity index (χ0n) is 11.4. The van der Waals surface area contributed by atoms with Crippen molar-refractivity contribution in [2.24, 2.45) is 5.92 Å². The molecule has 2 atom stereocenters. The maximum absolute atomic E-state index is 8.98. The Morgan fingerprint density at radius 1 is 1.28 bits per heavy atom. The molecule has 0 amide bonds. The monoisotopic (exact) mass is 257 g/mol. The number of nitrogens with zero attached hydrogens (tertiary/aromatic N) is 1. The number of aliphatic hydroxyl groups excluding tert-OH is 1. The normalized spacial score (nSPS) is 29.8. The number of rotatable bonds is 7. The highest BCUT2D eigenvalue weighted by atomic mass is 16.5. The van der Waals surface area contributed by atoms with Crippen molar-refractivity contribution >= 4 is 0 Å². The molecule has 2 heterocycles.